The van der Waals surface area contributed by atoms with Gasteiger partial charge in [-0.25, -0.2) is 18.1 Å². The Kier molecular flexibility index (Phi) is 10.4. The molecule has 0 saturated carbocycles. The van der Waals surface area contributed by atoms with Crippen LogP contribution < -0.4 is 14.4 Å². The molecule has 0 radical (unpaired) electrons. The number of amides is 1. The molecule has 0 spiro atoms. The molecule has 2 aliphatic rings. The molecule has 0 unspecified atom stereocenters. The number of hydrogen-bond acceptors (Lipinski definition) is 9. The molecule has 1 aliphatic carbocycles. The minimum absolute atomic E-state index is 0.0551. The predicted molar refractivity (Wildman–Crippen MR) is 210 cm³/mol. The topological polar surface area (TPSA) is 151 Å². The number of ether oxygens (including phenoxy) is 1. The van der Waals surface area contributed by atoms with Crippen LogP contribution in [0.1, 0.15) is 49.0 Å². The summed E-state index contributed by atoms with van der Waals surface area (Å²) in [4.78, 5) is 35.8. The number of carbonyl (C=O) groups is 1. The van der Waals surface area contributed by atoms with Gasteiger partial charge in [-0.2, -0.15) is 0 Å². The number of allylic oxidation sites excluding steroid dienone is 1. The number of fused-ring (bicyclic) bond motifs is 1. The van der Waals surface area contributed by atoms with Gasteiger partial charge in [-0.05, 0) is 84.3 Å². The van der Waals surface area contributed by atoms with Crippen LogP contribution in [0.2, 0.25) is 10.0 Å². The number of nitrogens with zero attached hydrogens (tertiary/aromatic N) is 4. The van der Waals surface area contributed by atoms with Crippen molar-refractivity contribution in [2.75, 3.05) is 37.6 Å². The number of piperazine rings is 1. The molecule has 1 saturated heterocycles. The average molecular weight is 790 g/mol. The molecule has 0 bridgehead atoms. The van der Waals surface area contributed by atoms with Gasteiger partial charge in [-0.3, -0.25) is 19.8 Å². The monoisotopic (exact) mass is 788 g/mol. The second-order valence-electron chi connectivity index (χ2n) is 14.4. The summed E-state index contributed by atoms with van der Waals surface area (Å²) < 4.78 is 34.8. The van der Waals surface area contributed by atoms with E-state index in [-0.39, 0.29) is 21.8 Å². The van der Waals surface area contributed by atoms with Crippen molar-refractivity contribution >= 4 is 67.1 Å². The highest BCUT2D eigenvalue weighted by Crippen LogP contribution is 2.43. The number of benzene rings is 3. The van der Waals surface area contributed by atoms with E-state index >= 15 is 0 Å². The summed E-state index contributed by atoms with van der Waals surface area (Å²) in [5, 5.41) is 12.7. The van der Waals surface area contributed by atoms with Crippen LogP contribution in [-0.2, 0) is 10.0 Å². The maximum absolute atomic E-state index is 13.6. The Morgan fingerprint density at radius 2 is 1.78 bits per heavy atom. The summed E-state index contributed by atoms with van der Waals surface area (Å²) in [7, 11) is -4.53. The molecule has 7 rings (SSSR count). The lowest BCUT2D eigenvalue weighted by molar-refractivity contribution is -0.384. The smallest absolute Gasteiger partial charge is 0.289 e. The molecule has 3 aromatic carbocycles. The molecular weight excluding hydrogens is 751 g/mol. The van der Waals surface area contributed by atoms with Crippen molar-refractivity contribution in [3.05, 3.63) is 122 Å². The van der Waals surface area contributed by atoms with Crippen LogP contribution in [0.4, 0.5) is 11.4 Å². The van der Waals surface area contributed by atoms with Gasteiger partial charge in [-0.1, -0.05) is 54.8 Å². The summed E-state index contributed by atoms with van der Waals surface area (Å²) in [6.07, 6.45) is 6.45. The van der Waals surface area contributed by atoms with E-state index < -0.39 is 31.4 Å². The number of aromatic nitrogens is 2. The van der Waals surface area contributed by atoms with Gasteiger partial charge in [0, 0.05) is 67.1 Å². The number of nitro groups is 1. The quantitative estimate of drug-likeness (QED) is 0.105. The van der Waals surface area contributed by atoms with Gasteiger partial charge in [-0.15, -0.1) is 0 Å². The van der Waals surface area contributed by atoms with E-state index in [2.05, 4.69) is 45.7 Å². The minimum Gasteiger partial charge on any atom is -0.455 e. The lowest BCUT2D eigenvalue weighted by Gasteiger charge is -2.39. The number of halogens is 2. The van der Waals surface area contributed by atoms with Crippen molar-refractivity contribution in [2.24, 2.45) is 5.41 Å². The van der Waals surface area contributed by atoms with E-state index in [1.54, 1.807) is 24.4 Å². The van der Waals surface area contributed by atoms with Crippen molar-refractivity contribution in [2.45, 2.75) is 38.0 Å². The number of rotatable bonds is 10. The zero-order valence-electron chi connectivity index (χ0n) is 29.6. The van der Waals surface area contributed by atoms with Crippen molar-refractivity contribution in [1.82, 2.24) is 19.6 Å². The van der Waals surface area contributed by atoms with Crippen molar-refractivity contribution in [1.29, 1.82) is 0 Å². The largest absolute Gasteiger partial charge is 0.455 e. The third-order valence-corrected chi connectivity index (χ3v) is 11.9. The Morgan fingerprint density at radius 3 is 2.52 bits per heavy atom. The molecule has 15 heteroatoms. The number of carbonyl (C=O) groups excluding carboxylic acids is 1. The maximum Gasteiger partial charge on any atom is 0.289 e. The molecular formula is C39H38Cl2N6O6S. The maximum atomic E-state index is 13.6. The molecule has 1 aliphatic heterocycles. The van der Waals surface area contributed by atoms with E-state index in [9.17, 15) is 23.3 Å². The van der Waals surface area contributed by atoms with Crippen LogP contribution in [0, 0.1) is 15.5 Å². The fourth-order valence-corrected chi connectivity index (χ4v) is 8.31. The van der Waals surface area contributed by atoms with E-state index in [0.717, 1.165) is 86.3 Å². The SMILES string of the molecule is CC1(C)CCC(CN2CCN(c3ccc(C(=O)NS(=O)(=O)c4ccc(Cl)c([N+](=O)[O-])c4)c(Oc4cnc5[nH]ccc5c4)c3)CC2)=C(c2ccc(Cl)cc2)C1. The van der Waals surface area contributed by atoms with Crippen LogP contribution in [0.15, 0.2) is 95.7 Å². The van der Waals surface area contributed by atoms with E-state index in [4.69, 9.17) is 27.9 Å². The zero-order chi connectivity index (χ0) is 38.2. The van der Waals surface area contributed by atoms with Gasteiger partial charge >= 0.3 is 0 Å². The third-order valence-electron chi connectivity index (χ3n) is 9.99. The van der Waals surface area contributed by atoms with Crippen molar-refractivity contribution in [3.8, 4) is 11.5 Å². The van der Waals surface area contributed by atoms with Gasteiger partial charge in [0.25, 0.3) is 21.6 Å². The first-order valence-electron chi connectivity index (χ1n) is 17.4. The average Bonchev–Trinajstić information content (AvgIpc) is 3.61. The number of nitrogens with one attached hydrogen (secondary N) is 2. The van der Waals surface area contributed by atoms with Gasteiger partial charge < -0.3 is 14.6 Å². The highest BCUT2D eigenvalue weighted by atomic mass is 35.5. The number of nitro benzene ring substituents is 1. The van der Waals surface area contributed by atoms with Crippen LogP contribution in [0.3, 0.4) is 0 Å². The van der Waals surface area contributed by atoms with Gasteiger partial charge in [0.2, 0.25) is 0 Å². The zero-order valence-corrected chi connectivity index (χ0v) is 32.0. The lowest BCUT2D eigenvalue weighted by atomic mass is 9.72. The summed E-state index contributed by atoms with van der Waals surface area (Å²) in [6, 6.07) is 19.7. The molecule has 0 atom stereocenters. The van der Waals surface area contributed by atoms with Gasteiger partial charge in [0.1, 0.15) is 22.2 Å². The number of aromatic amines is 1. The number of hydrogen-bond donors (Lipinski definition) is 2. The molecule has 1 fully saturated rings. The standard InChI is InChI=1S/C39H38Cl2N6O6S/c1-39(2)13-11-27(33(22-39)25-3-5-28(40)6-4-25)24-45-15-17-46(18-16-45)29-7-9-32(36(20-29)53-30-19-26-12-14-42-37(26)43-23-30)38(48)44-54(51,52)31-8-10-34(41)35(21-31)47(49)50/h3-10,12,14,19-21,23H,11,13,15-18,22,24H2,1-2H3,(H,42,43)(H,44,48). The lowest BCUT2D eigenvalue weighted by Crippen LogP contribution is -2.47. The minimum atomic E-state index is -4.53. The molecule has 280 valence electrons. The molecule has 1 amide bonds. The molecule has 12 nitrogen and oxygen atoms in total. The van der Waals surface area contributed by atoms with Crippen LogP contribution in [0.5, 0.6) is 11.5 Å². The fraction of sp³-hybridized carbons (Fsp3) is 0.282. The molecule has 54 heavy (non-hydrogen) atoms. The first-order chi connectivity index (χ1) is 25.7. The van der Waals surface area contributed by atoms with Gasteiger partial charge in [0.15, 0.2) is 0 Å². The normalized spacial score (nSPS) is 16.4. The van der Waals surface area contributed by atoms with Crippen molar-refractivity contribution < 1.29 is 22.9 Å². The highest BCUT2D eigenvalue weighted by Gasteiger charge is 2.30. The highest BCUT2D eigenvalue weighted by molar-refractivity contribution is 7.90. The Bertz CT molecular complexity index is 2390. The number of pyridine rings is 1. The first kappa shape index (κ1) is 37.4. The Morgan fingerprint density at radius 1 is 1.02 bits per heavy atom. The van der Waals surface area contributed by atoms with E-state index in [1.165, 1.54) is 29.0 Å². The number of sulfonamides is 1. The third kappa shape index (κ3) is 8.24. The summed E-state index contributed by atoms with van der Waals surface area (Å²) in [6.45, 7) is 8.62. The second kappa shape index (κ2) is 15.1. The molecule has 2 N–H and O–H groups in total. The molecule has 3 heterocycles. The van der Waals surface area contributed by atoms with Crippen LogP contribution in [0.25, 0.3) is 16.6 Å². The molecule has 5 aromatic rings. The fourth-order valence-electron chi connectivity index (χ4n) is 7.02. The van der Waals surface area contributed by atoms with Crippen molar-refractivity contribution in [3.63, 3.8) is 0 Å². The first-order valence-corrected chi connectivity index (χ1v) is 19.7. The van der Waals surface area contributed by atoms with Gasteiger partial charge in [0.05, 0.1) is 21.6 Å². The number of anilines is 1. The summed E-state index contributed by atoms with van der Waals surface area (Å²) in [5.74, 6) is -0.520. The van der Waals surface area contributed by atoms with Crippen LogP contribution in [-0.4, -0.2) is 66.8 Å². The Hall–Kier alpha value is -4.95. The second-order valence-corrected chi connectivity index (χ2v) is 16.9. The number of H-pyrrole nitrogens is 1. The molecule has 2 aromatic heterocycles. The van der Waals surface area contributed by atoms with Crippen LogP contribution >= 0.6 is 23.2 Å². The van der Waals surface area contributed by atoms with E-state index in [0.29, 0.717) is 11.4 Å². The van der Waals surface area contributed by atoms with E-state index in [1.807, 2.05) is 22.9 Å². The predicted octanol–water partition coefficient (Wildman–Crippen LogP) is 8.47. The Labute approximate surface area is 322 Å². The summed E-state index contributed by atoms with van der Waals surface area (Å²) in [5.41, 5.74) is 5.12. The summed E-state index contributed by atoms with van der Waals surface area (Å²) >= 11 is 12.1. The Balaban J connectivity index is 1.12.